The van der Waals surface area contributed by atoms with E-state index in [1.54, 1.807) is 0 Å². The number of para-hydroxylation sites is 1. The molecule has 2 aromatic carbocycles. The molecule has 118 valence electrons. The molecule has 0 atom stereocenters. The smallest absolute Gasteiger partial charge is 0.136 e. The van der Waals surface area contributed by atoms with Gasteiger partial charge in [-0.15, -0.1) is 0 Å². The Hall–Kier alpha value is -1.77. The van der Waals surface area contributed by atoms with Crippen molar-refractivity contribution in [3.8, 4) is 11.1 Å². The van der Waals surface area contributed by atoms with Gasteiger partial charge in [0.2, 0.25) is 0 Å². The van der Waals surface area contributed by atoms with Crippen LogP contribution in [0.2, 0.25) is 10.0 Å². The molecule has 0 fully saturated rings. The highest BCUT2D eigenvalue weighted by molar-refractivity contribution is 6.40. The van der Waals surface area contributed by atoms with Gasteiger partial charge in [0.15, 0.2) is 0 Å². The minimum atomic E-state index is -0.144. The van der Waals surface area contributed by atoms with Crippen molar-refractivity contribution in [3.05, 3.63) is 58.6 Å². The Kier molecular flexibility index (Phi) is 4.22. The fraction of sp³-hybridized carbons (Fsp3) is 0.211. The molecular weight excluding hydrogens is 327 g/mol. The lowest BCUT2D eigenvalue weighted by Crippen LogP contribution is -2.27. The number of aromatic nitrogens is 1. The maximum Gasteiger partial charge on any atom is 0.136 e. The van der Waals surface area contributed by atoms with Crippen LogP contribution in [-0.4, -0.2) is 10.5 Å². The van der Waals surface area contributed by atoms with Gasteiger partial charge in [0.25, 0.3) is 0 Å². The van der Waals surface area contributed by atoms with Crippen molar-refractivity contribution in [2.75, 3.05) is 5.32 Å². The molecule has 1 aromatic heterocycles. The normalized spacial score (nSPS) is 11.7. The number of hydrogen-bond acceptors (Lipinski definition) is 2. The molecule has 1 heterocycles. The van der Waals surface area contributed by atoms with Gasteiger partial charge >= 0.3 is 0 Å². The van der Waals surface area contributed by atoms with Crippen molar-refractivity contribution in [1.82, 2.24) is 4.98 Å². The average molecular weight is 345 g/mol. The summed E-state index contributed by atoms with van der Waals surface area (Å²) >= 11 is 13.2. The first-order chi connectivity index (χ1) is 10.9. The predicted octanol–water partition coefficient (Wildman–Crippen LogP) is 6.42. The second-order valence-corrected chi connectivity index (χ2v) is 7.31. The summed E-state index contributed by atoms with van der Waals surface area (Å²) in [6.45, 7) is 6.27. The molecule has 1 N–H and O–H groups in total. The molecule has 0 saturated carbocycles. The molecule has 0 amide bonds. The summed E-state index contributed by atoms with van der Waals surface area (Å²) in [6, 6.07) is 15.6. The number of hydrogen-bond donors (Lipinski definition) is 1. The molecule has 0 aliphatic carbocycles. The first kappa shape index (κ1) is 16.1. The quantitative estimate of drug-likeness (QED) is 0.580. The van der Waals surface area contributed by atoms with E-state index in [0.717, 1.165) is 27.8 Å². The second-order valence-electron chi connectivity index (χ2n) is 6.52. The predicted molar refractivity (Wildman–Crippen MR) is 101 cm³/mol. The van der Waals surface area contributed by atoms with Crippen LogP contribution in [0.15, 0.2) is 48.5 Å². The maximum absolute atomic E-state index is 6.74. The zero-order chi connectivity index (χ0) is 16.6. The fourth-order valence-corrected chi connectivity index (χ4v) is 3.11. The van der Waals surface area contributed by atoms with Crippen molar-refractivity contribution in [2.45, 2.75) is 26.3 Å². The molecule has 0 radical (unpaired) electrons. The molecule has 0 aliphatic heterocycles. The largest absolute Gasteiger partial charge is 0.365 e. The molecule has 3 rings (SSSR count). The van der Waals surface area contributed by atoms with E-state index in [4.69, 9.17) is 28.2 Å². The van der Waals surface area contributed by atoms with Crippen LogP contribution in [0.4, 0.5) is 5.82 Å². The monoisotopic (exact) mass is 344 g/mol. The van der Waals surface area contributed by atoms with Crippen molar-refractivity contribution < 1.29 is 0 Å². The highest BCUT2D eigenvalue weighted by Crippen LogP contribution is 2.42. The summed E-state index contributed by atoms with van der Waals surface area (Å²) < 4.78 is 0. The summed E-state index contributed by atoms with van der Waals surface area (Å²) in [5.41, 5.74) is 2.43. The number of rotatable bonds is 2. The molecule has 0 aliphatic rings. The lowest BCUT2D eigenvalue weighted by atomic mass is 10.0. The van der Waals surface area contributed by atoms with Crippen molar-refractivity contribution in [1.29, 1.82) is 0 Å². The van der Waals surface area contributed by atoms with E-state index >= 15 is 0 Å². The minimum Gasteiger partial charge on any atom is -0.365 e. The first-order valence-electron chi connectivity index (χ1n) is 7.48. The van der Waals surface area contributed by atoms with Crippen LogP contribution in [0.1, 0.15) is 20.8 Å². The van der Waals surface area contributed by atoms with Crippen LogP contribution in [-0.2, 0) is 0 Å². The number of halogens is 2. The van der Waals surface area contributed by atoms with Gasteiger partial charge in [-0.2, -0.15) is 0 Å². The van der Waals surface area contributed by atoms with Gasteiger partial charge in [0.1, 0.15) is 5.82 Å². The Balaban J connectivity index is 2.35. The molecular formula is C19H18Cl2N2. The Morgan fingerprint density at radius 2 is 1.57 bits per heavy atom. The minimum absolute atomic E-state index is 0.144. The number of nitrogens with zero attached hydrogens (tertiary/aromatic N) is 1. The number of fused-ring (bicyclic) bond motifs is 1. The Morgan fingerprint density at radius 1 is 0.913 bits per heavy atom. The van der Waals surface area contributed by atoms with E-state index < -0.39 is 0 Å². The van der Waals surface area contributed by atoms with Gasteiger partial charge in [-0.1, -0.05) is 59.6 Å². The number of benzene rings is 2. The van der Waals surface area contributed by atoms with Gasteiger partial charge in [-0.25, -0.2) is 4.98 Å². The van der Waals surface area contributed by atoms with Crippen molar-refractivity contribution in [2.24, 2.45) is 0 Å². The van der Waals surface area contributed by atoms with E-state index in [1.165, 1.54) is 0 Å². The van der Waals surface area contributed by atoms with E-state index in [1.807, 2.05) is 48.5 Å². The topological polar surface area (TPSA) is 24.9 Å². The molecule has 0 spiro atoms. The third kappa shape index (κ3) is 3.29. The summed E-state index contributed by atoms with van der Waals surface area (Å²) in [6.07, 6.45) is 0. The highest BCUT2D eigenvalue weighted by atomic mass is 35.5. The molecule has 4 heteroatoms. The zero-order valence-corrected chi connectivity index (χ0v) is 14.8. The van der Waals surface area contributed by atoms with Crippen molar-refractivity contribution >= 4 is 39.9 Å². The maximum atomic E-state index is 6.74. The molecule has 0 bridgehead atoms. The van der Waals surface area contributed by atoms with Gasteiger partial charge in [0, 0.05) is 27.1 Å². The Morgan fingerprint density at radius 3 is 2.26 bits per heavy atom. The van der Waals surface area contributed by atoms with Gasteiger partial charge in [-0.3, -0.25) is 0 Å². The second kappa shape index (κ2) is 6.03. The number of anilines is 1. The van der Waals surface area contributed by atoms with E-state index in [0.29, 0.717) is 10.0 Å². The SMILES string of the molecule is CC(C)(C)Nc1nc2ccccc2c(Cl)c1-c1ccccc1Cl. The van der Waals surface area contributed by atoms with Crippen LogP contribution in [0.25, 0.3) is 22.0 Å². The van der Waals surface area contributed by atoms with E-state index in [9.17, 15) is 0 Å². The lowest BCUT2D eigenvalue weighted by molar-refractivity contribution is 0.631. The average Bonchev–Trinajstić information content (AvgIpc) is 2.47. The summed E-state index contributed by atoms with van der Waals surface area (Å²) in [4.78, 5) is 4.78. The Bertz CT molecular complexity index is 867. The zero-order valence-electron chi connectivity index (χ0n) is 13.3. The first-order valence-corrected chi connectivity index (χ1v) is 8.24. The van der Waals surface area contributed by atoms with Crippen molar-refractivity contribution in [3.63, 3.8) is 0 Å². The highest BCUT2D eigenvalue weighted by Gasteiger charge is 2.20. The third-order valence-corrected chi connectivity index (χ3v) is 4.19. The van der Waals surface area contributed by atoms with Crippen LogP contribution in [0, 0.1) is 0 Å². The molecule has 3 aromatic rings. The summed E-state index contributed by atoms with van der Waals surface area (Å²) in [7, 11) is 0. The molecule has 23 heavy (non-hydrogen) atoms. The van der Waals surface area contributed by atoms with Crippen LogP contribution in [0.3, 0.4) is 0 Å². The lowest BCUT2D eigenvalue weighted by Gasteiger charge is -2.24. The van der Waals surface area contributed by atoms with Gasteiger partial charge in [0.05, 0.1) is 10.5 Å². The third-order valence-electron chi connectivity index (χ3n) is 3.47. The van der Waals surface area contributed by atoms with Gasteiger partial charge < -0.3 is 5.32 Å². The number of nitrogens with one attached hydrogen (secondary N) is 1. The molecule has 0 unspecified atom stereocenters. The fourth-order valence-electron chi connectivity index (χ4n) is 2.53. The van der Waals surface area contributed by atoms with E-state index in [2.05, 4.69) is 26.1 Å². The Labute approximate surface area is 146 Å². The summed E-state index contributed by atoms with van der Waals surface area (Å²) in [5.74, 6) is 0.745. The number of pyridine rings is 1. The van der Waals surface area contributed by atoms with Crippen LogP contribution >= 0.6 is 23.2 Å². The molecule has 2 nitrogen and oxygen atoms in total. The van der Waals surface area contributed by atoms with Gasteiger partial charge in [-0.05, 0) is 32.9 Å². The van der Waals surface area contributed by atoms with E-state index in [-0.39, 0.29) is 5.54 Å². The van der Waals surface area contributed by atoms with Crippen LogP contribution in [0.5, 0.6) is 0 Å². The molecule has 0 saturated heterocycles. The summed E-state index contributed by atoms with van der Waals surface area (Å²) in [5, 5.41) is 5.69. The standard InChI is InChI=1S/C19H18Cl2N2/c1-19(2,3)23-18-16(12-8-4-6-10-14(12)20)17(21)13-9-5-7-11-15(13)22-18/h4-11H,1-3H3,(H,22,23). The van der Waals surface area contributed by atoms with Crippen LogP contribution < -0.4 is 5.32 Å².